The summed E-state index contributed by atoms with van der Waals surface area (Å²) in [4.78, 5) is 24.2. The van der Waals surface area contributed by atoms with Gasteiger partial charge in [-0.3, -0.25) is 9.59 Å². The average molecular weight is 677 g/mol. The molecule has 0 heterocycles. The number of unbranched alkanes of at least 4 members (excludes halogenated alkanes) is 17. The Morgan fingerprint density at radius 2 is 1.08 bits per heavy atom. The summed E-state index contributed by atoms with van der Waals surface area (Å²) in [6.07, 6.45) is 38.0. The SMILES string of the molecule is CCCCC/C=C\C[C@@H](O)/C=C/C=C/C=C\[C@@H](O)CCCC(=O)OC[C@H](CO)OC(=O)CCCCCCCCCCCCCCCCC. The van der Waals surface area contributed by atoms with Crippen LogP contribution in [0.2, 0.25) is 0 Å². The molecule has 3 N–H and O–H groups in total. The molecular weight excluding hydrogens is 604 g/mol. The number of allylic oxidation sites excluding steroid dienone is 5. The van der Waals surface area contributed by atoms with Crippen molar-refractivity contribution in [2.45, 2.75) is 186 Å². The number of aliphatic hydroxyl groups is 3. The highest BCUT2D eigenvalue weighted by Crippen LogP contribution is 2.14. The van der Waals surface area contributed by atoms with E-state index in [0.29, 0.717) is 25.7 Å². The molecule has 0 aliphatic rings. The van der Waals surface area contributed by atoms with Gasteiger partial charge in [-0.2, -0.15) is 0 Å². The van der Waals surface area contributed by atoms with Crippen LogP contribution in [0.3, 0.4) is 0 Å². The van der Waals surface area contributed by atoms with Crippen LogP contribution in [0.4, 0.5) is 0 Å². The molecule has 0 rings (SSSR count). The van der Waals surface area contributed by atoms with Crippen molar-refractivity contribution in [2.75, 3.05) is 13.2 Å². The number of esters is 2. The Bertz CT molecular complexity index is 848. The van der Waals surface area contributed by atoms with E-state index in [9.17, 15) is 24.9 Å². The van der Waals surface area contributed by atoms with Gasteiger partial charge in [-0.1, -0.05) is 165 Å². The molecule has 0 unspecified atom stereocenters. The lowest BCUT2D eigenvalue weighted by atomic mass is 10.0. The predicted octanol–water partition coefficient (Wildman–Crippen LogP) is 9.78. The molecule has 48 heavy (non-hydrogen) atoms. The largest absolute Gasteiger partial charge is 0.462 e. The van der Waals surface area contributed by atoms with Crippen LogP contribution in [0.15, 0.2) is 48.6 Å². The zero-order chi connectivity index (χ0) is 35.3. The number of rotatable bonds is 34. The molecule has 0 radical (unpaired) electrons. The molecule has 7 nitrogen and oxygen atoms in total. The highest BCUT2D eigenvalue weighted by atomic mass is 16.6. The van der Waals surface area contributed by atoms with Crippen LogP contribution in [0, 0.1) is 0 Å². The third kappa shape index (κ3) is 33.7. The smallest absolute Gasteiger partial charge is 0.306 e. The Morgan fingerprint density at radius 1 is 0.583 bits per heavy atom. The van der Waals surface area contributed by atoms with Gasteiger partial charge in [0.15, 0.2) is 6.10 Å². The van der Waals surface area contributed by atoms with Crippen molar-refractivity contribution in [1.82, 2.24) is 0 Å². The van der Waals surface area contributed by atoms with Gasteiger partial charge >= 0.3 is 11.9 Å². The first-order valence-electron chi connectivity index (χ1n) is 19.4. The third-order valence-corrected chi connectivity index (χ3v) is 8.32. The van der Waals surface area contributed by atoms with Gasteiger partial charge < -0.3 is 24.8 Å². The molecule has 0 spiro atoms. The van der Waals surface area contributed by atoms with E-state index in [1.165, 1.54) is 96.3 Å². The van der Waals surface area contributed by atoms with Crippen LogP contribution >= 0.6 is 0 Å². The normalized spacial score (nSPS) is 14.0. The standard InChI is InChI=1S/C41H72O7/c1-3-5-7-9-11-12-13-14-15-16-17-18-19-21-27-33-41(46)48-39(35-42)36-47-40(45)34-28-32-38(44)31-26-23-22-25-30-37(43)29-24-20-10-8-6-4-2/h20,22-26,30-31,37-39,42-44H,3-19,21,27-29,32-36H2,1-2H3/b23-22+,24-20-,30-25+,31-26-/t37-,38-,39+/m1/s1. The van der Waals surface area contributed by atoms with Crippen LogP contribution in [-0.2, 0) is 19.1 Å². The fraction of sp³-hybridized carbons (Fsp3) is 0.756. The number of hydrogen-bond donors (Lipinski definition) is 3. The Kier molecular flexibility index (Phi) is 34.4. The summed E-state index contributed by atoms with van der Waals surface area (Å²) in [5, 5.41) is 29.6. The zero-order valence-electron chi connectivity index (χ0n) is 30.7. The molecule has 0 aliphatic carbocycles. The molecule has 0 aliphatic heterocycles. The second kappa shape index (κ2) is 36.1. The first-order chi connectivity index (χ1) is 23.4. The van der Waals surface area contributed by atoms with Gasteiger partial charge in [0.05, 0.1) is 18.8 Å². The first-order valence-corrected chi connectivity index (χ1v) is 19.4. The number of ether oxygens (including phenoxy) is 2. The van der Waals surface area contributed by atoms with Gasteiger partial charge in [-0.05, 0) is 38.5 Å². The Hall–Kier alpha value is -2.22. The van der Waals surface area contributed by atoms with Gasteiger partial charge in [0.25, 0.3) is 0 Å². The molecule has 0 aromatic carbocycles. The summed E-state index contributed by atoms with van der Waals surface area (Å²) in [7, 11) is 0. The van der Waals surface area contributed by atoms with Crippen LogP contribution in [0.1, 0.15) is 168 Å². The molecule has 7 heteroatoms. The van der Waals surface area contributed by atoms with Crippen molar-refractivity contribution in [2.24, 2.45) is 0 Å². The molecule has 0 aromatic rings. The number of carbonyl (C=O) groups excluding carboxylic acids is 2. The van der Waals surface area contributed by atoms with E-state index in [4.69, 9.17) is 9.47 Å². The molecule has 0 fully saturated rings. The Morgan fingerprint density at radius 3 is 1.65 bits per heavy atom. The summed E-state index contributed by atoms with van der Waals surface area (Å²) in [6.45, 7) is 3.86. The van der Waals surface area contributed by atoms with Crippen molar-refractivity contribution in [3.05, 3.63) is 48.6 Å². The topological polar surface area (TPSA) is 113 Å². The van der Waals surface area contributed by atoms with Crippen molar-refractivity contribution < 1.29 is 34.4 Å². The first kappa shape index (κ1) is 45.8. The third-order valence-electron chi connectivity index (χ3n) is 8.32. The van der Waals surface area contributed by atoms with E-state index >= 15 is 0 Å². The van der Waals surface area contributed by atoms with Crippen molar-refractivity contribution in [1.29, 1.82) is 0 Å². The number of carbonyl (C=O) groups is 2. The molecule has 0 bridgehead atoms. The molecule has 0 aromatic heterocycles. The summed E-state index contributed by atoms with van der Waals surface area (Å²) in [5.74, 6) is -0.830. The van der Waals surface area contributed by atoms with Crippen molar-refractivity contribution >= 4 is 11.9 Å². The maximum atomic E-state index is 12.2. The molecule has 3 atom stereocenters. The lowest BCUT2D eigenvalue weighted by Gasteiger charge is -2.16. The highest BCUT2D eigenvalue weighted by molar-refractivity contribution is 5.70. The van der Waals surface area contributed by atoms with Crippen molar-refractivity contribution in [3.8, 4) is 0 Å². The van der Waals surface area contributed by atoms with Crippen molar-refractivity contribution in [3.63, 3.8) is 0 Å². The molecule has 0 amide bonds. The van der Waals surface area contributed by atoms with E-state index in [2.05, 4.69) is 19.9 Å². The lowest BCUT2D eigenvalue weighted by molar-refractivity contribution is -0.161. The highest BCUT2D eigenvalue weighted by Gasteiger charge is 2.16. The Labute approximate surface area is 294 Å². The molecule has 278 valence electrons. The van der Waals surface area contributed by atoms with Gasteiger partial charge in [-0.25, -0.2) is 0 Å². The predicted molar refractivity (Wildman–Crippen MR) is 199 cm³/mol. The number of aliphatic hydroxyl groups excluding tert-OH is 3. The zero-order valence-corrected chi connectivity index (χ0v) is 30.7. The van der Waals surface area contributed by atoms with Crippen LogP contribution in [0.25, 0.3) is 0 Å². The maximum Gasteiger partial charge on any atom is 0.306 e. The van der Waals surface area contributed by atoms with Gasteiger partial charge in [0.2, 0.25) is 0 Å². The number of hydrogen-bond acceptors (Lipinski definition) is 7. The minimum Gasteiger partial charge on any atom is -0.462 e. The maximum absolute atomic E-state index is 12.2. The average Bonchev–Trinajstić information content (AvgIpc) is 3.07. The monoisotopic (exact) mass is 677 g/mol. The second-order valence-electron chi connectivity index (χ2n) is 13.1. The fourth-order valence-corrected chi connectivity index (χ4v) is 5.28. The Balaban J connectivity index is 3.83. The minimum absolute atomic E-state index is 0.125. The van der Waals surface area contributed by atoms with Gasteiger partial charge in [0, 0.05) is 12.8 Å². The summed E-state index contributed by atoms with van der Waals surface area (Å²) >= 11 is 0. The molecular formula is C41H72O7. The fourth-order valence-electron chi connectivity index (χ4n) is 5.28. The van der Waals surface area contributed by atoms with E-state index in [1.54, 1.807) is 36.5 Å². The van der Waals surface area contributed by atoms with E-state index in [-0.39, 0.29) is 19.0 Å². The van der Waals surface area contributed by atoms with Crippen LogP contribution in [0.5, 0.6) is 0 Å². The molecule has 0 saturated carbocycles. The van der Waals surface area contributed by atoms with E-state index < -0.39 is 30.9 Å². The minimum atomic E-state index is -0.861. The van der Waals surface area contributed by atoms with Gasteiger partial charge in [-0.15, -0.1) is 0 Å². The van der Waals surface area contributed by atoms with E-state index in [0.717, 1.165) is 25.7 Å². The lowest BCUT2D eigenvalue weighted by Crippen LogP contribution is -2.28. The summed E-state index contributed by atoms with van der Waals surface area (Å²) in [6, 6.07) is 0. The van der Waals surface area contributed by atoms with Gasteiger partial charge in [0.1, 0.15) is 6.61 Å². The van der Waals surface area contributed by atoms with Crippen LogP contribution in [-0.4, -0.2) is 58.8 Å². The summed E-state index contributed by atoms with van der Waals surface area (Å²) < 4.78 is 10.5. The molecule has 0 saturated heterocycles. The van der Waals surface area contributed by atoms with Crippen LogP contribution < -0.4 is 0 Å². The quantitative estimate of drug-likeness (QED) is 0.0269. The van der Waals surface area contributed by atoms with E-state index in [1.807, 2.05) is 6.08 Å². The second-order valence-corrected chi connectivity index (χ2v) is 13.1. The summed E-state index contributed by atoms with van der Waals surface area (Å²) in [5.41, 5.74) is 0.